The van der Waals surface area contributed by atoms with Crippen LogP contribution in [-0.4, -0.2) is 43.4 Å². The molecule has 0 bridgehead atoms. The van der Waals surface area contributed by atoms with Gasteiger partial charge in [-0.25, -0.2) is 4.98 Å². The number of nitrogens with zero attached hydrogens (tertiary/aromatic N) is 3. The van der Waals surface area contributed by atoms with E-state index in [4.69, 9.17) is 4.74 Å². The number of carbonyl (C=O) groups excluding carboxylic acids is 2. The predicted octanol–water partition coefficient (Wildman–Crippen LogP) is 4.51. The second-order valence-corrected chi connectivity index (χ2v) is 8.72. The van der Waals surface area contributed by atoms with Gasteiger partial charge in [-0.1, -0.05) is 24.3 Å². The summed E-state index contributed by atoms with van der Waals surface area (Å²) in [4.78, 5) is 46.2. The summed E-state index contributed by atoms with van der Waals surface area (Å²) >= 11 is 0. The predicted molar refractivity (Wildman–Crippen MR) is 138 cm³/mol. The summed E-state index contributed by atoms with van der Waals surface area (Å²) in [6, 6.07) is 13.7. The Balaban J connectivity index is 1.75. The minimum absolute atomic E-state index is 0.00811. The molecule has 11 heteroatoms. The van der Waals surface area contributed by atoms with E-state index in [9.17, 15) is 29.9 Å². The number of non-ortho nitro benzene ring substituents is 1. The number of anilines is 1. The van der Waals surface area contributed by atoms with Crippen LogP contribution in [-0.2, 0) is 9.59 Å². The Labute approximate surface area is 215 Å². The van der Waals surface area contributed by atoms with Crippen molar-refractivity contribution in [3.05, 3.63) is 93.0 Å². The van der Waals surface area contributed by atoms with Crippen molar-refractivity contribution in [1.82, 2.24) is 9.97 Å². The minimum atomic E-state index is -1.18. The third-order valence-electron chi connectivity index (χ3n) is 6.23. The zero-order valence-corrected chi connectivity index (χ0v) is 20.3. The van der Waals surface area contributed by atoms with Crippen LogP contribution in [0.3, 0.4) is 0 Å². The molecule has 5 rings (SSSR count). The highest BCUT2D eigenvalue weighted by Gasteiger charge is 2.48. The van der Waals surface area contributed by atoms with Crippen molar-refractivity contribution in [2.75, 3.05) is 11.5 Å². The van der Waals surface area contributed by atoms with Crippen LogP contribution in [0.25, 0.3) is 16.8 Å². The third-order valence-corrected chi connectivity index (χ3v) is 6.23. The van der Waals surface area contributed by atoms with E-state index < -0.39 is 28.4 Å². The highest BCUT2D eigenvalue weighted by molar-refractivity contribution is 6.51. The number of hydrogen-bond donors (Lipinski definition) is 3. The Morgan fingerprint density at radius 1 is 1.16 bits per heavy atom. The lowest BCUT2D eigenvalue weighted by atomic mass is 9.95. The number of hydrogen-bond acceptors (Lipinski definition) is 8. The molecule has 0 spiro atoms. The van der Waals surface area contributed by atoms with Crippen LogP contribution in [0, 0.1) is 17.0 Å². The number of aliphatic hydroxyl groups excluding tert-OH is 1. The molecule has 192 valence electrons. The van der Waals surface area contributed by atoms with Crippen molar-refractivity contribution in [3.63, 3.8) is 0 Å². The number of amides is 1. The summed E-state index contributed by atoms with van der Waals surface area (Å²) in [5, 5.41) is 32.8. The maximum atomic E-state index is 13.4. The first-order valence-electron chi connectivity index (χ1n) is 11.7. The summed E-state index contributed by atoms with van der Waals surface area (Å²) in [6.45, 7) is 3.88. The Morgan fingerprint density at radius 2 is 1.95 bits per heavy atom. The van der Waals surface area contributed by atoms with Crippen molar-refractivity contribution < 1.29 is 29.5 Å². The zero-order valence-electron chi connectivity index (χ0n) is 20.3. The largest absolute Gasteiger partial charge is 0.507 e. The molecule has 1 aliphatic rings. The number of aromatic hydroxyl groups is 1. The SMILES string of the molecule is CCOc1cc(C2/C(=C(\O)c3cccc([N+](=O)[O-])c3)C(=O)C(=O)N2c2nc3ccc(C)cc3[nH]2)ccc1O. The van der Waals surface area contributed by atoms with Gasteiger partial charge in [0.15, 0.2) is 11.5 Å². The van der Waals surface area contributed by atoms with Gasteiger partial charge in [0.25, 0.3) is 11.5 Å². The number of rotatable bonds is 6. The van der Waals surface area contributed by atoms with Crippen molar-refractivity contribution in [1.29, 1.82) is 0 Å². The summed E-state index contributed by atoms with van der Waals surface area (Å²) in [5.74, 6) is -2.50. The van der Waals surface area contributed by atoms with Crippen molar-refractivity contribution >= 4 is 40.1 Å². The fraction of sp³-hybridized carbons (Fsp3) is 0.148. The van der Waals surface area contributed by atoms with Crippen LogP contribution in [0.4, 0.5) is 11.6 Å². The molecule has 3 aromatic carbocycles. The number of ether oxygens (including phenoxy) is 1. The lowest BCUT2D eigenvalue weighted by Gasteiger charge is -2.23. The van der Waals surface area contributed by atoms with Crippen LogP contribution in [0.5, 0.6) is 11.5 Å². The number of benzene rings is 3. The standard InChI is InChI=1S/C27H22N4O7/c1-3-38-21-13-15(8-10-20(21)32)23-22(24(33)16-5-4-6-17(12-16)31(36)37)25(34)26(35)30(23)27-28-18-9-7-14(2)11-19(18)29-27/h4-13,23,32-33H,3H2,1-2H3,(H,28,29)/b24-22+. The van der Waals surface area contributed by atoms with Gasteiger partial charge in [-0.2, -0.15) is 0 Å². The van der Waals surface area contributed by atoms with Gasteiger partial charge in [0, 0.05) is 17.7 Å². The first-order valence-corrected chi connectivity index (χ1v) is 11.7. The van der Waals surface area contributed by atoms with Gasteiger partial charge in [-0.05, 0) is 49.2 Å². The van der Waals surface area contributed by atoms with E-state index in [0.717, 1.165) is 16.5 Å². The molecule has 38 heavy (non-hydrogen) atoms. The van der Waals surface area contributed by atoms with Crippen LogP contribution < -0.4 is 9.64 Å². The van der Waals surface area contributed by atoms with Gasteiger partial charge < -0.3 is 19.9 Å². The quantitative estimate of drug-likeness (QED) is 0.111. The summed E-state index contributed by atoms with van der Waals surface area (Å²) in [5.41, 5.74) is 1.90. The number of phenolic OH excluding ortho intramolecular Hbond substituents is 1. The number of imidazole rings is 1. The molecule has 2 heterocycles. The summed E-state index contributed by atoms with van der Waals surface area (Å²) in [6.07, 6.45) is 0. The Kier molecular flexibility index (Phi) is 6.03. The number of nitro benzene ring substituents is 1. The zero-order chi connectivity index (χ0) is 27.1. The molecule has 11 nitrogen and oxygen atoms in total. The molecular formula is C27H22N4O7. The Morgan fingerprint density at radius 3 is 2.68 bits per heavy atom. The molecule has 1 aliphatic heterocycles. The molecule has 3 N–H and O–H groups in total. The molecule has 1 atom stereocenters. The van der Waals surface area contributed by atoms with Crippen LogP contribution in [0.1, 0.15) is 29.7 Å². The Bertz CT molecular complexity index is 1660. The van der Waals surface area contributed by atoms with E-state index in [1.54, 1.807) is 13.0 Å². The lowest BCUT2D eigenvalue weighted by molar-refractivity contribution is -0.384. The maximum Gasteiger partial charge on any atom is 0.302 e. The number of ketones is 1. The number of fused-ring (bicyclic) bond motifs is 1. The summed E-state index contributed by atoms with van der Waals surface area (Å²) < 4.78 is 5.50. The van der Waals surface area contributed by atoms with E-state index >= 15 is 0 Å². The van der Waals surface area contributed by atoms with Crippen LogP contribution in [0.2, 0.25) is 0 Å². The fourth-order valence-electron chi connectivity index (χ4n) is 4.48. The van der Waals surface area contributed by atoms with Crippen molar-refractivity contribution in [2.45, 2.75) is 19.9 Å². The van der Waals surface area contributed by atoms with Crippen molar-refractivity contribution in [2.24, 2.45) is 0 Å². The number of carbonyl (C=O) groups is 2. The number of aromatic amines is 1. The molecular weight excluding hydrogens is 492 g/mol. The number of H-pyrrole nitrogens is 1. The molecule has 1 aromatic heterocycles. The second kappa shape index (κ2) is 9.36. The molecule has 0 saturated carbocycles. The van der Waals surface area contributed by atoms with E-state index in [2.05, 4.69) is 9.97 Å². The fourth-order valence-corrected chi connectivity index (χ4v) is 4.48. The van der Waals surface area contributed by atoms with Gasteiger partial charge in [0.05, 0.1) is 34.2 Å². The number of aromatic nitrogens is 2. The van der Waals surface area contributed by atoms with E-state index in [0.29, 0.717) is 16.6 Å². The molecule has 1 fully saturated rings. The van der Waals surface area contributed by atoms with E-state index in [-0.39, 0.29) is 40.9 Å². The molecule has 1 unspecified atom stereocenters. The Hall–Kier alpha value is -5.19. The highest BCUT2D eigenvalue weighted by atomic mass is 16.6. The van der Waals surface area contributed by atoms with Gasteiger partial charge in [-0.3, -0.25) is 24.6 Å². The number of nitro groups is 1. The smallest absolute Gasteiger partial charge is 0.302 e. The first kappa shape index (κ1) is 24.5. The number of aryl methyl sites for hydroxylation is 1. The normalized spacial score (nSPS) is 16.8. The first-order chi connectivity index (χ1) is 18.2. The van der Waals surface area contributed by atoms with Crippen molar-refractivity contribution in [3.8, 4) is 11.5 Å². The number of phenols is 1. The maximum absolute atomic E-state index is 13.4. The average molecular weight is 514 g/mol. The third kappa shape index (κ3) is 4.09. The summed E-state index contributed by atoms with van der Waals surface area (Å²) in [7, 11) is 0. The van der Waals surface area contributed by atoms with Gasteiger partial charge in [0.2, 0.25) is 5.95 Å². The molecule has 0 radical (unpaired) electrons. The number of nitrogens with one attached hydrogen (secondary N) is 1. The number of aliphatic hydroxyl groups is 1. The van der Waals surface area contributed by atoms with Gasteiger partial charge >= 0.3 is 5.91 Å². The van der Waals surface area contributed by atoms with E-state index in [1.165, 1.54) is 36.4 Å². The molecule has 0 aliphatic carbocycles. The average Bonchev–Trinajstić information content (AvgIpc) is 3.42. The number of Topliss-reactive ketones (excluding diaryl/α,β-unsaturated/α-hetero) is 1. The van der Waals surface area contributed by atoms with Gasteiger partial charge in [-0.15, -0.1) is 0 Å². The molecule has 1 amide bonds. The monoisotopic (exact) mass is 514 g/mol. The topological polar surface area (TPSA) is 159 Å². The minimum Gasteiger partial charge on any atom is -0.507 e. The van der Waals surface area contributed by atoms with Crippen LogP contribution >= 0.6 is 0 Å². The molecule has 4 aromatic rings. The highest BCUT2D eigenvalue weighted by Crippen LogP contribution is 2.43. The molecule has 1 saturated heterocycles. The lowest BCUT2D eigenvalue weighted by Crippen LogP contribution is -2.30. The van der Waals surface area contributed by atoms with Gasteiger partial charge in [0.1, 0.15) is 5.76 Å². The van der Waals surface area contributed by atoms with E-state index in [1.807, 2.05) is 19.1 Å². The second-order valence-electron chi connectivity index (χ2n) is 8.72. The van der Waals surface area contributed by atoms with Crippen LogP contribution in [0.15, 0.2) is 66.2 Å².